The van der Waals surface area contributed by atoms with Gasteiger partial charge in [0, 0.05) is 19.4 Å². The third kappa shape index (κ3) is 68.1. The van der Waals surface area contributed by atoms with E-state index in [0.29, 0.717) is 12.8 Å². The molecule has 0 heterocycles. The lowest BCUT2D eigenvalue weighted by Gasteiger charge is -2.19. The predicted molar refractivity (Wildman–Crippen MR) is 354 cm³/mol. The van der Waals surface area contributed by atoms with E-state index in [-0.39, 0.29) is 32.1 Å². The number of rotatable bonds is 72. The summed E-state index contributed by atoms with van der Waals surface area (Å²) in [5.41, 5.74) is 5.40. The molecule has 0 amide bonds. The Balaban J connectivity index is 3.72. The van der Waals surface area contributed by atoms with Crippen molar-refractivity contribution in [1.29, 1.82) is 0 Å². The Hall–Kier alpha value is -0.990. The highest BCUT2D eigenvalue weighted by Crippen LogP contribution is 2.43. The minimum Gasteiger partial charge on any atom is -0.462 e. The second-order valence-electron chi connectivity index (χ2n) is 25.5. The minimum atomic E-state index is -4.39. The third-order valence-corrected chi connectivity index (χ3v) is 18.2. The molecule has 0 rings (SSSR count). The molecule has 0 radical (unpaired) electrons. The Morgan fingerprint density at radius 1 is 0.317 bits per heavy atom. The molecule has 490 valence electrons. The van der Waals surface area contributed by atoms with Crippen LogP contribution in [-0.4, -0.2) is 49.3 Å². The molecule has 0 fully saturated rings. The van der Waals surface area contributed by atoms with E-state index in [1.165, 1.54) is 353 Å². The van der Waals surface area contributed by atoms with Gasteiger partial charge in [-0.15, -0.1) is 0 Å². The lowest BCUT2D eigenvalue weighted by atomic mass is 10.0. The van der Waals surface area contributed by atoms with Crippen LogP contribution in [0.25, 0.3) is 0 Å². The zero-order valence-corrected chi connectivity index (χ0v) is 56.2. The molecule has 2 atom stereocenters. The van der Waals surface area contributed by atoms with Gasteiger partial charge in [-0.3, -0.25) is 18.6 Å². The van der Waals surface area contributed by atoms with Crippen molar-refractivity contribution < 1.29 is 37.6 Å². The fraction of sp³-hybridized carbons (Fsp3) is 0.972. The molecule has 0 saturated carbocycles. The van der Waals surface area contributed by atoms with Crippen LogP contribution >= 0.6 is 7.82 Å². The molecule has 0 aromatic heterocycles. The maximum Gasteiger partial charge on any atom is 0.472 e. The monoisotopic (exact) mass is 1180 g/mol. The molecule has 0 saturated heterocycles. The lowest BCUT2D eigenvalue weighted by Crippen LogP contribution is -2.29. The molecule has 0 aromatic carbocycles. The Bertz CT molecular complexity index is 1300. The molecule has 3 N–H and O–H groups in total. The average Bonchev–Trinajstić information content (AvgIpc) is 3.48. The summed E-state index contributed by atoms with van der Waals surface area (Å²) in [6.07, 6.45) is 82.4. The fourth-order valence-electron chi connectivity index (χ4n) is 11.8. The van der Waals surface area contributed by atoms with E-state index >= 15 is 0 Å². The Morgan fingerprint density at radius 2 is 0.524 bits per heavy atom. The summed E-state index contributed by atoms with van der Waals surface area (Å²) in [5, 5.41) is 0. The van der Waals surface area contributed by atoms with Crippen LogP contribution in [0.1, 0.15) is 418 Å². The quantitative estimate of drug-likeness (QED) is 0.0347. The second kappa shape index (κ2) is 69.1. The summed E-state index contributed by atoms with van der Waals surface area (Å²) in [5.74, 6) is -0.797. The summed E-state index contributed by atoms with van der Waals surface area (Å²) in [6, 6.07) is 0. The summed E-state index contributed by atoms with van der Waals surface area (Å²) >= 11 is 0. The van der Waals surface area contributed by atoms with E-state index in [9.17, 15) is 19.0 Å². The highest BCUT2D eigenvalue weighted by Gasteiger charge is 2.26. The molecule has 10 heteroatoms. The number of phosphoric ester groups is 1. The zero-order valence-electron chi connectivity index (χ0n) is 55.3. The topological polar surface area (TPSA) is 134 Å². The van der Waals surface area contributed by atoms with Gasteiger partial charge in [0.1, 0.15) is 6.61 Å². The molecule has 0 aliphatic carbocycles. The molecule has 0 spiro atoms. The van der Waals surface area contributed by atoms with E-state index in [1.807, 2.05) is 0 Å². The molecule has 9 nitrogen and oxygen atoms in total. The largest absolute Gasteiger partial charge is 0.472 e. The van der Waals surface area contributed by atoms with Gasteiger partial charge in [0.25, 0.3) is 0 Å². The number of esters is 2. The molecule has 0 aliphatic heterocycles. The van der Waals surface area contributed by atoms with Gasteiger partial charge in [-0.25, -0.2) is 4.57 Å². The third-order valence-electron chi connectivity index (χ3n) is 17.2. The van der Waals surface area contributed by atoms with Crippen LogP contribution in [0.2, 0.25) is 0 Å². The number of carbonyl (C=O) groups is 2. The van der Waals surface area contributed by atoms with E-state index < -0.39 is 26.5 Å². The molecule has 82 heavy (non-hydrogen) atoms. The van der Waals surface area contributed by atoms with Gasteiger partial charge < -0.3 is 20.1 Å². The first-order chi connectivity index (χ1) is 40.3. The van der Waals surface area contributed by atoms with E-state index in [1.54, 1.807) is 0 Å². The van der Waals surface area contributed by atoms with Crippen molar-refractivity contribution in [2.45, 2.75) is 424 Å². The summed E-state index contributed by atoms with van der Waals surface area (Å²) in [4.78, 5) is 35.3. The van der Waals surface area contributed by atoms with Gasteiger partial charge >= 0.3 is 19.8 Å². The first-order valence-corrected chi connectivity index (χ1v) is 38.5. The molecule has 0 bridgehead atoms. The fourth-order valence-corrected chi connectivity index (χ4v) is 12.5. The number of phosphoric acid groups is 1. The Morgan fingerprint density at radius 3 is 0.744 bits per heavy atom. The molecular weight excluding hydrogens is 1040 g/mol. The maximum absolute atomic E-state index is 12.8. The number of ether oxygens (including phenoxy) is 2. The Kier molecular flexibility index (Phi) is 68.3. The maximum atomic E-state index is 12.8. The molecule has 2 unspecified atom stereocenters. The van der Waals surface area contributed by atoms with Gasteiger partial charge in [-0.05, 0) is 12.8 Å². The number of hydrogen-bond donors (Lipinski definition) is 2. The summed E-state index contributed by atoms with van der Waals surface area (Å²) < 4.78 is 33.2. The first kappa shape index (κ1) is 81.0. The standard InChI is InChI=1S/C72H144NO8P/c1-3-5-7-9-11-13-15-17-19-21-23-25-27-28-29-30-31-32-33-34-35-36-37-38-39-40-41-42-43-45-47-49-51-53-55-57-59-61-63-65-72(75)81-70(69-80-82(76,77)79-67-66-73)68-78-71(74)64-62-60-58-56-54-52-50-48-46-44-26-24-22-20-18-16-14-12-10-8-6-4-2/h70H,3-69,73H2,1-2H3,(H,76,77). The minimum absolute atomic E-state index is 0.0588. The molecular formula is C72H144NO8P. The van der Waals surface area contributed by atoms with Crippen LogP contribution < -0.4 is 5.73 Å². The van der Waals surface area contributed by atoms with Crippen molar-refractivity contribution >= 4 is 19.8 Å². The van der Waals surface area contributed by atoms with Crippen molar-refractivity contribution in [3.05, 3.63) is 0 Å². The molecule has 0 aliphatic rings. The molecule has 0 aromatic rings. The van der Waals surface area contributed by atoms with E-state index in [2.05, 4.69) is 13.8 Å². The van der Waals surface area contributed by atoms with E-state index in [0.717, 1.165) is 32.1 Å². The van der Waals surface area contributed by atoms with Crippen LogP contribution in [0.5, 0.6) is 0 Å². The Labute approximate surface area is 511 Å². The van der Waals surface area contributed by atoms with Crippen molar-refractivity contribution in [1.82, 2.24) is 0 Å². The van der Waals surface area contributed by atoms with Crippen molar-refractivity contribution in [2.75, 3.05) is 26.4 Å². The van der Waals surface area contributed by atoms with Crippen molar-refractivity contribution in [3.63, 3.8) is 0 Å². The normalized spacial score (nSPS) is 12.8. The predicted octanol–water partition coefficient (Wildman–Crippen LogP) is 24.1. The first-order valence-electron chi connectivity index (χ1n) is 37.0. The number of hydrogen-bond acceptors (Lipinski definition) is 8. The van der Waals surface area contributed by atoms with Crippen molar-refractivity contribution in [2.24, 2.45) is 5.73 Å². The number of unbranched alkanes of at least 4 members (excludes halogenated alkanes) is 59. The highest BCUT2D eigenvalue weighted by atomic mass is 31.2. The summed E-state index contributed by atoms with van der Waals surface area (Å²) in [6.45, 7) is 3.85. The van der Waals surface area contributed by atoms with Gasteiger partial charge in [0.05, 0.1) is 13.2 Å². The van der Waals surface area contributed by atoms with Crippen LogP contribution in [0, 0.1) is 0 Å². The number of carbonyl (C=O) groups excluding carboxylic acids is 2. The smallest absolute Gasteiger partial charge is 0.462 e. The van der Waals surface area contributed by atoms with Crippen LogP contribution in [0.15, 0.2) is 0 Å². The van der Waals surface area contributed by atoms with E-state index in [4.69, 9.17) is 24.3 Å². The van der Waals surface area contributed by atoms with Crippen LogP contribution in [-0.2, 0) is 32.7 Å². The van der Waals surface area contributed by atoms with Gasteiger partial charge in [-0.2, -0.15) is 0 Å². The highest BCUT2D eigenvalue weighted by molar-refractivity contribution is 7.47. The van der Waals surface area contributed by atoms with Crippen LogP contribution in [0.3, 0.4) is 0 Å². The SMILES string of the molecule is CCCCCCCCCCCCCCCCCCCCCCCCCCCCCCCCCCCCCCCCCC(=O)OC(COC(=O)CCCCCCCCCCCCCCCCCCCCCCCC)COP(=O)(O)OCCN. The average molecular weight is 1180 g/mol. The van der Waals surface area contributed by atoms with Gasteiger partial charge in [0.2, 0.25) is 0 Å². The van der Waals surface area contributed by atoms with Crippen LogP contribution in [0.4, 0.5) is 0 Å². The number of nitrogens with two attached hydrogens (primary N) is 1. The zero-order chi connectivity index (χ0) is 59.4. The van der Waals surface area contributed by atoms with Gasteiger partial charge in [-0.1, -0.05) is 393 Å². The van der Waals surface area contributed by atoms with Crippen molar-refractivity contribution in [3.8, 4) is 0 Å². The second-order valence-corrected chi connectivity index (χ2v) is 27.0. The van der Waals surface area contributed by atoms with Gasteiger partial charge in [0.15, 0.2) is 6.10 Å². The summed E-state index contributed by atoms with van der Waals surface area (Å²) in [7, 11) is -4.39. The lowest BCUT2D eigenvalue weighted by molar-refractivity contribution is -0.161.